The second-order valence-electron chi connectivity index (χ2n) is 5.90. The maximum atomic E-state index is 13.8. The molecule has 9 heteroatoms. The number of carbonyl (C=O) groups is 1. The summed E-state index contributed by atoms with van der Waals surface area (Å²) < 4.78 is 27.6. The minimum absolute atomic E-state index is 0.227. The molecule has 27 heavy (non-hydrogen) atoms. The molecule has 4 aromatic rings. The molecular formula is C18H12ClF2N5O. The van der Waals surface area contributed by atoms with Gasteiger partial charge in [0.05, 0.1) is 16.7 Å². The number of carbonyl (C=O) groups excluding carboxylic acids is 1. The van der Waals surface area contributed by atoms with Crippen molar-refractivity contribution >= 4 is 34.2 Å². The van der Waals surface area contributed by atoms with Crippen molar-refractivity contribution in [1.82, 2.24) is 20.2 Å². The van der Waals surface area contributed by atoms with Crippen molar-refractivity contribution in [1.29, 1.82) is 0 Å². The number of aryl methyl sites for hydroxylation is 1. The number of anilines is 1. The van der Waals surface area contributed by atoms with E-state index in [0.29, 0.717) is 27.6 Å². The van der Waals surface area contributed by atoms with E-state index in [1.54, 1.807) is 12.1 Å². The van der Waals surface area contributed by atoms with E-state index in [0.717, 1.165) is 17.7 Å². The Kier molecular flexibility index (Phi) is 4.12. The highest BCUT2D eigenvalue weighted by Crippen LogP contribution is 2.29. The summed E-state index contributed by atoms with van der Waals surface area (Å²) in [5.41, 5.74) is 2.13. The lowest BCUT2D eigenvalue weighted by atomic mass is 10.2. The number of amides is 1. The number of rotatable bonds is 3. The van der Waals surface area contributed by atoms with Gasteiger partial charge in [0.15, 0.2) is 11.5 Å². The quantitative estimate of drug-likeness (QED) is 0.485. The molecule has 1 amide bonds. The van der Waals surface area contributed by atoms with Crippen LogP contribution in [0.4, 0.5) is 14.5 Å². The molecule has 0 aliphatic carbocycles. The van der Waals surface area contributed by atoms with Crippen LogP contribution in [0.3, 0.4) is 0 Å². The van der Waals surface area contributed by atoms with Crippen molar-refractivity contribution in [2.24, 2.45) is 0 Å². The highest BCUT2D eigenvalue weighted by Gasteiger charge is 2.21. The second-order valence-corrected chi connectivity index (χ2v) is 6.34. The monoisotopic (exact) mass is 387 g/mol. The fourth-order valence-electron chi connectivity index (χ4n) is 2.82. The minimum atomic E-state index is -0.952. The Morgan fingerprint density at radius 1 is 1.22 bits per heavy atom. The van der Waals surface area contributed by atoms with Crippen LogP contribution in [0.5, 0.6) is 0 Å². The van der Waals surface area contributed by atoms with E-state index in [2.05, 4.69) is 25.5 Å². The molecule has 0 aliphatic rings. The fourth-order valence-corrected chi connectivity index (χ4v) is 3.10. The van der Waals surface area contributed by atoms with Gasteiger partial charge in [0.2, 0.25) is 0 Å². The molecule has 0 atom stereocenters. The Bertz CT molecular complexity index is 1160. The Hall–Kier alpha value is -3.26. The first kappa shape index (κ1) is 17.2. The van der Waals surface area contributed by atoms with Crippen LogP contribution in [0.2, 0.25) is 5.02 Å². The van der Waals surface area contributed by atoms with Crippen molar-refractivity contribution in [3.63, 3.8) is 0 Å². The molecule has 0 saturated carbocycles. The number of nitrogens with zero attached hydrogens (tertiary/aromatic N) is 2. The van der Waals surface area contributed by atoms with Crippen LogP contribution in [0.15, 0.2) is 36.5 Å². The maximum absolute atomic E-state index is 13.8. The summed E-state index contributed by atoms with van der Waals surface area (Å²) in [5.74, 6) is -2.46. The maximum Gasteiger partial charge on any atom is 0.261 e. The molecule has 0 aliphatic heterocycles. The van der Waals surface area contributed by atoms with E-state index < -0.39 is 23.1 Å². The number of nitrogens with one attached hydrogen (secondary N) is 3. The van der Waals surface area contributed by atoms with Crippen LogP contribution in [0.25, 0.3) is 22.6 Å². The number of halogens is 3. The van der Waals surface area contributed by atoms with Gasteiger partial charge in [-0.2, -0.15) is 5.10 Å². The molecule has 0 bridgehead atoms. The highest BCUT2D eigenvalue weighted by atomic mass is 35.5. The molecular weight excluding hydrogens is 376 g/mol. The lowest BCUT2D eigenvalue weighted by Crippen LogP contribution is -2.16. The number of aromatic amines is 2. The Balaban J connectivity index is 1.72. The number of fused-ring (bicyclic) bond motifs is 1. The van der Waals surface area contributed by atoms with Gasteiger partial charge < -0.3 is 10.3 Å². The zero-order valence-corrected chi connectivity index (χ0v) is 14.7. The Labute approximate surface area is 156 Å². The van der Waals surface area contributed by atoms with Crippen molar-refractivity contribution in [2.45, 2.75) is 6.92 Å². The van der Waals surface area contributed by atoms with Crippen LogP contribution in [-0.2, 0) is 0 Å². The van der Waals surface area contributed by atoms with Gasteiger partial charge in [-0.3, -0.25) is 9.89 Å². The normalized spacial score (nSPS) is 11.1. The molecule has 0 fully saturated rings. The number of imidazole rings is 1. The standard InChI is InChI=1S/C18H12ClF2N5O/c1-8-5-9(19)6-12-15(8)25-17(23-12)16-13(7-22-26-16)24-18(27)14-10(20)3-2-4-11(14)21/h2-7H,1H3,(H,22,26)(H,23,25)(H,24,27). The third-order valence-electron chi connectivity index (χ3n) is 4.04. The number of hydrogen-bond donors (Lipinski definition) is 3. The first-order valence-corrected chi connectivity index (χ1v) is 8.27. The van der Waals surface area contributed by atoms with Gasteiger partial charge >= 0.3 is 0 Å². The van der Waals surface area contributed by atoms with Crippen LogP contribution in [0.1, 0.15) is 15.9 Å². The van der Waals surface area contributed by atoms with E-state index >= 15 is 0 Å². The smallest absolute Gasteiger partial charge is 0.261 e. The first-order valence-electron chi connectivity index (χ1n) is 7.89. The second kappa shape index (κ2) is 6.48. The largest absolute Gasteiger partial charge is 0.336 e. The zero-order chi connectivity index (χ0) is 19.1. The predicted octanol–water partition coefficient (Wildman–Crippen LogP) is 4.45. The molecule has 2 aromatic carbocycles. The zero-order valence-electron chi connectivity index (χ0n) is 13.9. The summed E-state index contributed by atoms with van der Waals surface area (Å²) in [4.78, 5) is 19.9. The fraction of sp³-hybridized carbons (Fsp3) is 0.0556. The van der Waals surface area contributed by atoms with Gasteiger partial charge in [0, 0.05) is 11.2 Å². The van der Waals surface area contributed by atoms with Gasteiger partial charge in [0.1, 0.15) is 17.2 Å². The summed E-state index contributed by atoms with van der Waals surface area (Å²) in [6, 6.07) is 6.72. The van der Waals surface area contributed by atoms with E-state index in [-0.39, 0.29) is 5.69 Å². The van der Waals surface area contributed by atoms with E-state index in [1.807, 2.05) is 6.92 Å². The minimum Gasteiger partial charge on any atom is -0.336 e. The SMILES string of the molecule is Cc1cc(Cl)cc2[nH]c(-c3n[nH]cc3NC(=O)c3c(F)cccc3F)nc12. The molecule has 136 valence electrons. The average molecular weight is 388 g/mol. The van der Waals surface area contributed by atoms with Crippen LogP contribution >= 0.6 is 11.6 Å². The summed E-state index contributed by atoms with van der Waals surface area (Å²) in [7, 11) is 0. The summed E-state index contributed by atoms with van der Waals surface area (Å²) in [6.07, 6.45) is 1.40. The molecule has 4 rings (SSSR count). The van der Waals surface area contributed by atoms with Crippen molar-refractivity contribution in [3.8, 4) is 11.5 Å². The van der Waals surface area contributed by atoms with Gasteiger partial charge in [-0.25, -0.2) is 13.8 Å². The highest BCUT2D eigenvalue weighted by molar-refractivity contribution is 6.31. The molecule has 2 aromatic heterocycles. The van der Waals surface area contributed by atoms with Gasteiger partial charge in [-0.05, 0) is 36.8 Å². The van der Waals surface area contributed by atoms with Crippen molar-refractivity contribution in [3.05, 3.63) is 64.3 Å². The molecule has 6 nitrogen and oxygen atoms in total. The molecule has 2 heterocycles. The average Bonchev–Trinajstić information content (AvgIpc) is 3.21. The van der Waals surface area contributed by atoms with E-state index in [4.69, 9.17) is 11.6 Å². The Morgan fingerprint density at radius 2 is 1.96 bits per heavy atom. The lowest BCUT2D eigenvalue weighted by molar-refractivity contribution is 0.101. The van der Waals surface area contributed by atoms with Crippen LogP contribution in [0, 0.1) is 18.6 Å². The predicted molar refractivity (Wildman–Crippen MR) is 97.7 cm³/mol. The van der Waals surface area contributed by atoms with Crippen LogP contribution in [-0.4, -0.2) is 26.1 Å². The molecule has 0 unspecified atom stereocenters. The van der Waals surface area contributed by atoms with Gasteiger partial charge in [-0.1, -0.05) is 17.7 Å². The van der Waals surface area contributed by atoms with Gasteiger partial charge in [-0.15, -0.1) is 0 Å². The molecule has 0 spiro atoms. The third-order valence-corrected chi connectivity index (χ3v) is 4.26. The van der Waals surface area contributed by atoms with Crippen molar-refractivity contribution < 1.29 is 13.6 Å². The van der Waals surface area contributed by atoms with Crippen LogP contribution < -0.4 is 5.32 Å². The third kappa shape index (κ3) is 3.04. The number of benzene rings is 2. The lowest BCUT2D eigenvalue weighted by Gasteiger charge is -2.06. The van der Waals surface area contributed by atoms with Gasteiger partial charge in [0.25, 0.3) is 5.91 Å². The first-order chi connectivity index (χ1) is 12.9. The summed E-state index contributed by atoms with van der Waals surface area (Å²) in [6.45, 7) is 1.87. The molecule has 0 saturated heterocycles. The summed E-state index contributed by atoms with van der Waals surface area (Å²) in [5, 5.41) is 9.70. The number of aromatic nitrogens is 4. The van der Waals surface area contributed by atoms with E-state index in [1.165, 1.54) is 12.3 Å². The number of H-pyrrole nitrogens is 2. The molecule has 3 N–H and O–H groups in total. The number of hydrogen-bond acceptors (Lipinski definition) is 3. The van der Waals surface area contributed by atoms with E-state index in [9.17, 15) is 13.6 Å². The topological polar surface area (TPSA) is 86.5 Å². The van der Waals surface area contributed by atoms with Crippen molar-refractivity contribution in [2.75, 3.05) is 5.32 Å². The molecule has 0 radical (unpaired) electrons. The Morgan fingerprint density at radius 3 is 2.70 bits per heavy atom. The summed E-state index contributed by atoms with van der Waals surface area (Å²) >= 11 is 6.06.